The number of para-hydroxylation sites is 1. The number of Topliss-reactive ketones (excluding diaryl/α,β-unsaturated/α-hetero) is 1. The van der Waals surface area contributed by atoms with Gasteiger partial charge >= 0.3 is 0 Å². The van der Waals surface area contributed by atoms with Crippen LogP contribution in [0.1, 0.15) is 16.1 Å². The molecule has 0 spiro atoms. The van der Waals surface area contributed by atoms with Crippen LogP contribution in [0, 0.1) is 0 Å². The number of fused-ring (bicyclic) bond motifs is 1. The van der Waals surface area contributed by atoms with Crippen molar-refractivity contribution in [2.24, 2.45) is 0 Å². The van der Waals surface area contributed by atoms with Gasteiger partial charge in [0.05, 0.1) is 0 Å². The lowest BCUT2D eigenvalue weighted by molar-refractivity contribution is 0.0454. The van der Waals surface area contributed by atoms with Crippen molar-refractivity contribution in [3.63, 3.8) is 0 Å². The van der Waals surface area contributed by atoms with Gasteiger partial charge < -0.3 is 10.4 Å². The first-order valence-corrected chi connectivity index (χ1v) is 5.28. The Morgan fingerprint density at radius 1 is 1.12 bits per heavy atom. The monoisotopic (exact) mass is 226 g/mol. The molecular formula is C13H10N2O2. The number of rotatable bonds is 1. The van der Waals surface area contributed by atoms with E-state index in [4.69, 9.17) is 0 Å². The number of hydrogen-bond acceptors (Lipinski definition) is 4. The summed E-state index contributed by atoms with van der Waals surface area (Å²) in [5.41, 5.74) is -0.321. The smallest absolute Gasteiger partial charge is 0.245 e. The number of nitrogens with one attached hydrogen (secondary N) is 1. The molecule has 0 radical (unpaired) electrons. The number of ketones is 1. The predicted molar refractivity (Wildman–Crippen MR) is 62.5 cm³/mol. The molecule has 1 aromatic carbocycles. The molecule has 4 heteroatoms. The van der Waals surface area contributed by atoms with E-state index in [1.807, 2.05) is 6.07 Å². The molecular weight excluding hydrogens is 216 g/mol. The van der Waals surface area contributed by atoms with Crippen molar-refractivity contribution in [1.82, 2.24) is 4.98 Å². The Kier molecular flexibility index (Phi) is 2.00. The minimum absolute atomic E-state index is 0.307. The third kappa shape index (κ3) is 1.34. The number of anilines is 1. The van der Waals surface area contributed by atoms with E-state index in [9.17, 15) is 9.90 Å². The van der Waals surface area contributed by atoms with E-state index in [0.29, 0.717) is 16.9 Å². The summed E-state index contributed by atoms with van der Waals surface area (Å²) in [4.78, 5) is 16.2. The fourth-order valence-corrected chi connectivity index (χ4v) is 1.99. The summed E-state index contributed by atoms with van der Waals surface area (Å²) in [5, 5.41) is 13.2. The zero-order valence-electron chi connectivity index (χ0n) is 8.92. The molecule has 4 nitrogen and oxygen atoms in total. The maximum atomic E-state index is 12.2. The topological polar surface area (TPSA) is 62.2 Å². The van der Waals surface area contributed by atoms with Crippen molar-refractivity contribution in [2.45, 2.75) is 5.72 Å². The van der Waals surface area contributed by atoms with Gasteiger partial charge in [-0.2, -0.15) is 0 Å². The van der Waals surface area contributed by atoms with E-state index in [-0.39, 0.29) is 5.78 Å². The number of aromatic nitrogens is 1. The maximum Gasteiger partial charge on any atom is 0.245 e. The SMILES string of the molecule is O=C1c2ccccc2NC1(O)c1ccccn1. The number of carbonyl (C=O) groups is 1. The average molecular weight is 226 g/mol. The molecule has 0 bridgehead atoms. The first-order chi connectivity index (χ1) is 8.22. The van der Waals surface area contributed by atoms with Crippen LogP contribution in [-0.4, -0.2) is 15.9 Å². The van der Waals surface area contributed by atoms with Crippen molar-refractivity contribution in [3.8, 4) is 0 Å². The number of hydrogen-bond donors (Lipinski definition) is 2. The molecule has 3 rings (SSSR count). The molecule has 0 saturated carbocycles. The van der Waals surface area contributed by atoms with Crippen LogP contribution in [0.2, 0.25) is 0 Å². The highest BCUT2D eigenvalue weighted by atomic mass is 16.3. The highest BCUT2D eigenvalue weighted by Crippen LogP contribution is 2.36. The molecule has 2 heterocycles. The van der Waals surface area contributed by atoms with Crippen molar-refractivity contribution in [2.75, 3.05) is 5.32 Å². The lowest BCUT2D eigenvalue weighted by atomic mass is 10.0. The van der Waals surface area contributed by atoms with Crippen LogP contribution in [0.3, 0.4) is 0 Å². The van der Waals surface area contributed by atoms with Gasteiger partial charge in [-0.05, 0) is 24.3 Å². The highest BCUT2D eigenvalue weighted by Gasteiger charge is 2.46. The Morgan fingerprint density at radius 3 is 2.59 bits per heavy atom. The first-order valence-electron chi connectivity index (χ1n) is 5.28. The Morgan fingerprint density at radius 2 is 1.88 bits per heavy atom. The fourth-order valence-electron chi connectivity index (χ4n) is 1.99. The molecule has 0 saturated heterocycles. The normalized spacial score (nSPS) is 22.1. The van der Waals surface area contributed by atoms with E-state index in [0.717, 1.165) is 0 Å². The predicted octanol–water partition coefficient (Wildman–Crippen LogP) is 1.54. The lowest BCUT2D eigenvalue weighted by Crippen LogP contribution is -2.39. The second-order valence-corrected chi connectivity index (χ2v) is 3.93. The number of carbonyl (C=O) groups excluding carboxylic acids is 1. The largest absolute Gasteiger partial charge is 0.360 e. The van der Waals surface area contributed by atoms with Gasteiger partial charge in [-0.3, -0.25) is 9.78 Å². The van der Waals surface area contributed by atoms with Gasteiger partial charge in [0.2, 0.25) is 11.5 Å². The quantitative estimate of drug-likeness (QED) is 0.774. The number of aliphatic hydroxyl groups is 1. The molecule has 1 unspecified atom stereocenters. The van der Waals surface area contributed by atoms with Crippen molar-refractivity contribution in [3.05, 3.63) is 59.9 Å². The molecule has 0 amide bonds. The third-order valence-electron chi connectivity index (χ3n) is 2.85. The fraction of sp³-hybridized carbons (Fsp3) is 0.0769. The number of nitrogens with zero attached hydrogens (tertiary/aromatic N) is 1. The lowest BCUT2D eigenvalue weighted by Gasteiger charge is -2.20. The molecule has 17 heavy (non-hydrogen) atoms. The van der Waals surface area contributed by atoms with Crippen molar-refractivity contribution >= 4 is 11.5 Å². The molecule has 0 fully saturated rings. The van der Waals surface area contributed by atoms with E-state index < -0.39 is 5.72 Å². The molecule has 1 aliphatic heterocycles. The van der Waals surface area contributed by atoms with Gasteiger partial charge in [0.1, 0.15) is 5.69 Å². The van der Waals surface area contributed by atoms with Gasteiger partial charge in [0, 0.05) is 17.4 Å². The highest BCUT2D eigenvalue weighted by molar-refractivity contribution is 6.12. The van der Waals surface area contributed by atoms with Crippen LogP contribution < -0.4 is 5.32 Å². The Balaban J connectivity index is 2.12. The average Bonchev–Trinajstić information content (AvgIpc) is 2.65. The van der Waals surface area contributed by atoms with Gasteiger partial charge in [0.25, 0.3) is 0 Å². The van der Waals surface area contributed by atoms with Crippen LogP contribution in [0.4, 0.5) is 5.69 Å². The van der Waals surface area contributed by atoms with Crippen LogP contribution >= 0.6 is 0 Å². The Labute approximate surface area is 97.9 Å². The van der Waals surface area contributed by atoms with Crippen LogP contribution in [-0.2, 0) is 5.72 Å². The first kappa shape index (κ1) is 9.99. The van der Waals surface area contributed by atoms with Crippen molar-refractivity contribution < 1.29 is 9.90 Å². The summed E-state index contributed by atoms with van der Waals surface area (Å²) < 4.78 is 0. The minimum Gasteiger partial charge on any atom is -0.360 e. The molecule has 2 N–H and O–H groups in total. The third-order valence-corrected chi connectivity index (χ3v) is 2.85. The second-order valence-electron chi connectivity index (χ2n) is 3.93. The zero-order valence-corrected chi connectivity index (χ0v) is 8.92. The van der Waals surface area contributed by atoms with Gasteiger partial charge in [-0.15, -0.1) is 0 Å². The van der Waals surface area contributed by atoms with Crippen molar-refractivity contribution in [1.29, 1.82) is 0 Å². The van der Waals surface area contributed by atoms with Gasteiger partial charge in [-0.25, -0.2) is 0 Å². The van der Waals surface area contributed by atoms with Gasteiger partial charge in [0.15, 0.2) is 0 Å². The summed E-state index contributed by atoms with van der Waals surface area (Å²) in [5.74, 6) is -0.369. The molecule has 2 aromatic rings. The number of benzene rings is 1. The van der Waals surface area contributed by atoms with Crippen LogP contribution in [0.25, 0.3) is 0 Å². The van der Waals surface area contributed by atoms with Crippen LogP contribution in [0.5, 0.6) is 0 Å². The van der Waals surface area contributed by atoms with E-state index in [1.165, 1.54) is 0 Å². The maximum absolute atomic E-state index is 12.2. The molecule has 1 aliphatic rings. The van der Waals surface area contributed by atoms with E-state index >= 15 is 0 Å². The molecule has 84 valence electrons. The Hall–Kier alpha value is -2.20. The van der Waals surface area contributed by atoms with E-state index in [2.05, 4.69) is 10.3 Å². The minimum atomic E-state index is -1.75. The molecule has 0 aliphatic carbocycles. The van der Waals surface area contributed by atoms with Gasteiger partial charge in [-0.1, -0.05) is 18.2 Å². The molecule has 1 atom stereocenters. The summed E-state index contributed by atoms with van der Waals surface area (Å²) >= 11 is 0. The summed E-state index contributed by atoms with van der Waals surface area (Å²) in [6, 6.07) is 12.1. The summed E-state index contributed by atoms with van der Waals surface area (Å²) in [6.07, 6.45) is 1.55. The summed E-state index contributed by atoms with van der Waals surface area (Å²) in [6.45, 7) is 0. The standard InChI is InChI=1S/C13H10N2O2/c16-12-9-5-1-2-6-10(9)15-13(12,17)11-7-3-4-8-14-11/h1-8,15,17H. The van der Waals surface area contributed by atoms with Crippen LogP contribution in [0.15, 0.2) is 48.7 Å². The summed E-state index contributed by atoms with van der Waals surface area (Å²) in [7, 11) is 0. The molecule has 1 aromatic heterocycles. The zero-order chi connectivity index (χ0) is 11.9. The van der Waals surface area contributed by atoms with E-state index in [1.54, 1.807) is 42.6 Å². The second kappa shape index (κ2) is 3.40. The number of pyridine rings is 1. The Bertz CT molecular complexity index is 583.